The number of hydrogen-bond acceptors (Lipinski definition) is 6. The molecule has 176 valence electrons. The van der Waals surface area contributed by atoms with Gasteiger partial charge in [0, 0.05) is 32.0 Å². The molecule has 2 aliphatic carbocycles. The van der Waals surface area contributed by atoms with Crippen LogP contribution in [0.2, 0.25) is 5.02 Å². The van der Waals surface area contributed by atoms with Gasteiger partial charge in [0.05, 0.1) is 30.1 Å². The van der Waals surface area contributed by atoms with Crippen molar-refractivity contribution < 1.29 is 14.3 Å². The lowest BCUT2D eigenvalue weighted by molar-refractivity contribution is -0.117. The first-order chi connectivity index (χ1) is 16.5. The zero-order valence-electron chi connectivity index (χ0n) is 18.7. The highest BCUT2D eigenvalue weighted by Crippen LogP contribution is 2.37. The van der Waals surface area contributed by atoms with Crippen LogP contribution in [0.15, 0.2) is 30.6 Å². The topological polar surface area (TPSA) is 88.8 Å². The van der Waals surface area contributed by atoms with Crippen LogP contribution in [-0.2, 0) is 4.79 Å². The van der Waals surface area contributed by atoms with Crippen LogP contribution in [0.4, 0.5) is 11.5 Å². The maximum Gasteiger partial charge on any atom is 0.271 e. The van der Waals surface area contributed by atoms with Gasteiger partial charge in [0.2, 0.25) is 5.69 Å². The Hall–Kier alpha value is -3.18. The first kappa shape index (κ1) is 22.6. The monoisotopic (exact) mass is 479 g/mol. The summed E-state index contributed by atoms with van der Waals surface area (Å²) in [6.45, 7) is 8.73. The number of anilines is 1. The average molecular weight is 480 g/mol. The van der Waals surface area contributed by atoms with Crippen LogP contribution in [0, 0.1) is 18.4 Å². The number of benzene rings is 1. The largest absolute Gasteiger partial charge is 0.490 e. The zero-order chi connectivity index (χ0) is 23.7. The van der Waals surface area contributed by atoms with Crippen LogP contribution < -0.4 is 15.0 Å². The molecule has 3 fully saturated rings. The minimum atomic E-state index is -0.214. The number of carbonyl (C=O) groups excluding carboxylic acids is 2. The molecule has 5 rings (SSSR count). The second-order valence-corrected chi connectivity index (χ2v) is 9.83. The number of fused-ring (bicyclic) bond motifs is 1. The van der Waals surface area contributed by atoms with Crippen LogP contribution in [0.1, 0.15) is 49.0 Å². The molecular weight excluding hydrogens is 454 g/mol. The molecule has 1 N–H and O–H groups in total. The standard InChI is InChI=1S/C25H26ClN5O3/c1-27-22-7-6-20(10-21(22)26)34-19-4-2-17(3-5-19)30-25(33)23-11-29-24(12-28-23)31-13-15-8-18(32)9-16(15)14-31/h6-7,10-12,15-17,19H,2-5,8-9,13-14H2,(H,30,33)/t15-,16+,17?,19?. The van der Waals surface area contributed by atoms with E-state index in [9.17, 15) is 9.59 Å². The maximum absolute atomic E-state index is 12.7. The molecule has 2 heterocycles. The summed E-state index contributed by atoms with van der Waals surface area (Å²) in [5.41, 5.74) is 0.724. The van der Waals surface area contributed by atoms with Crippen LogP contribution in [0.3, 0.4) is 0 Å². The Morgan fingerprint density at radius 2 is 1.85 bits per heavy atom. The van der Waals surface area contributed by atoms with Crippen molar-refractivity contribution in [2.75, 3.05) is 18.0 Å². The van der Waals surface area contributed by atoms with Crippen molar-refractivity contribution in [1.29, 1.82) is 0 Å². The highest BCUT2D eigenvalue weighted by atomic mass is 35.5. The van der Waals surface area contributed by atoms with Crippen LogP contribution in [0.25, 0.3) is 4.85 Å². The Morgan fingerprint density at radius 3 is 2.47 bits per heavy atom. The minimum Gasteiger partial charge on any atom is -0.490 e. The van der Waals surface area contributed by atoms with E-state index in [-0.39, 0.29) is 18.1 Å². The van der Waals surface area contributed by atoms with Gasteiger partial charge in [0.1, 0.15) is 23.0 Å². The molecule has 2 saturated carbocycles. The predicted octanol–water partition coefficient (Wildman–Crippen LogP) is 4.22. The highest BCUT2D eigenvalue weighted by Gasteiger charge is 2.40. The van der Waals surface area contributed by atoms with E-state index in [1.54, 1.807) is 24.4 Å². The van der Waals surface area contributed by atoms with Gasteiger partial charge >= 0.3 is 0 Å². The molecule has 8 nitrogen and oxygen atoms in total. The van der Waals surface area contributed by atoms with E-state index in [0.29, 0.717) is 52.6 Å². The van der Waals surface area contributed by atoms with Gasteiger partial charge in [0.25, 0.3) is 5.91 Å². The quantitative estimate of drug-likeness (QED) is 0.646. The number of ketones is 1. The third-order valence-electron chi connectivity index (χ3n) is 7.10. The number of halogens is 1. The second kappa shape index (κ2) is 9.59. The number of carbonyl (C=O) groups is 2. The summed E-state index contributed by atoms with van der Waals surface area (Å²) in [6.07, 6.45) is 7.85. The van der Waals surface area contributed by atoms with Crippen molar-refractivity contribution in [3.8, 4) is 5.75 Å². The average Bonchev–Trinajstić information content (AvgIpc) is 3.38. The molecule has 34 heavy (non-hydrogen) atoms. The molecule has 1 saturated heterocycles. The predicted molar refractivity (Wildman–Crippen MR) is 127 cm³/mol. The normalized spacial score (nSPS) is 26.1. The fourth-order valence-corrected chi connectivity index (χ4v) is 5.50. The summed E-state index contributed by atoms with van der Waals surface area (Å²) in [7, 11) is 0. The Kier molecular flexibility index (Phi) is 6.38. The van der Waals surface area contributed by atoms with E-state index in [0.717, 1.165) is 44.6 Å². The van der Waals surface area contributed by atoms with Gasteiger partial charge in [-0.15, -0.1) is 0 Å². The summed E-state index contributed by atoms with van der Waals surface area (Å²) >= 11 is 6.09. The van der Waals surface area contributed by atoms with Crippen molar-refractivity contribution in [3.63, 3.8) is 0 Å². The molecule has 0 bridgehead atoms. The third-order valence-corrected chi connectivity index (χ3v) is 7.41. The molecular formula is C25H26ClN5O3. The number of aromatic nitrogens is 2. The molecule has 1 amide bonds. The van der Waals surface area contributed by atoms with Crippen LogP contribution >= 0.6 is 11.6 Å². The number of nitrogens with one attached hydrogen (secondary N) is 1. The first-order valence-corrected chi connectivity index (χ1v) is 12.1. The van der Waals surface area contributed by atoms with Gasteiger partial charge in [-0.25, -0.2) is 14.8 Å². The van der Waals surface area contributed by atoms with E-state index in [2.05, 4.69) is 25.0 Å². The van der Waals surface area contributed by atoms with Gasteiger partial charge < -0.3 is 15.0 Å². The smallest absolute Gasteiger partial charge is 0.271 e. The summed E-state index contributed by atoms with van der Waals surface area (Å²) in [4.78, 5) is 38.6. The fraction of sp³-hybridized carbons (Fsp3) is 0.480. The van der Waals surface area contributed by atoms with Gasteiger partial charge in [0.15, 0.2) is 0 Å². The van der Waals surface area contributed by atoms with E-state index in [4.69, 9.17) is 22.9 Å². The second-order valence-electron chi connectivity index (χ2n) is 9.42. The maximum atomic E-state index is 12.7. The molecule has 3 aliphatic rings. The van der Waals surface area contributed by atoms with E-state index in [1.165, 1.54) is 6.20 Å². The molecule has 1 aromatic heterocycles. The third kappa shape index (κ3) is 4.85. The lowest BCUT2D eigenvalue weighted by Crippen LogP contribution is -2.40. The minimum absolute atomic E-state index is 0.0531. The number of amides is 1. The lowest BCUT2D eigenvalue weighted by atomic mass is 9.93. The zero-order valence-corrected chi connectivity index (χ0v) is 19.5. The number of nitrogens with zero attached hydrogens (tertiary/aromatic N) is 4. The van der Waals surface area contributed by atoms with Gasteiger partial charge in [-0.3, -0.25) is 9.59 Å². The number of rotatable bonds is 5. The summed E-state index contributed by atoms with van der Waals surface area (Å²) < 4.78 is 6.02. The van der Waals surface area contributed by atoms with Crippen LogP contribution in [-0.4, -0.2) is 46.9 Å². The molecule has 9 heteroatoms. The lowest BCUT2D eigenvalue weighted by Gasteiger charge is -2.29. The van der Waals surface area contributed by atoms with Crippen LogP contribution in [0.5, 0.6) is 5.75 Å². The SMILES string of the molecule is [C-]#[N+]c1ccc(OC2CCC(NC(=O)c3cnc(N4C[C@H]5CC(=O)C[C@H]5C4)cn3)CC2)cc1Cl. The Morgan fingerprint density at radius 1 is 1.12 bits per heavy atom. The Labute approximate surface area is 203 Å². The van der Waals surface area contributed by atoms with Crippen molar-refractivity contribution in [1.82, 2.24) is 15.3 Å². The van der Waals surface area contributed by atoms with E-state index in [1.807, 2.05) is 0 Å². The van der Waals surface area contributed by atoms with Gasteiger partial charge in [-0.05, 0) is 49.7 Å². The summed E-state index contributed by atoms with van der Waals surface area (Å²) in [5, 5.41) is 3.46. The van der Waals surface area contributed by atoms with Crippen molar-refractivity contribution in [2.45, 2.75) is 50.7 Å². The highest BCUT2D eigenvalue weighted by molar-refractivity contribution is 6.33. The molecule has 2 aromatic rings. The van der Waals surface area contributed by atoms with E-state index < -0.39 is 0 Å². The van der Waals surface area contributed by atoms with Gasteiger partial charge in [-0.1, -0.05) is 17.7 Å². The van der Waals surface area contributed by atoms with E-state index >= 15 is 0 Å². The Balaban J connectivity index is 1.09. The Bertz CT molecular complexity index is 1110. The summed E-state index contributed by atoms with van der Waals surface area (Å²) in [6, 6.07) is 5.18. The first-order valence-electron chi connectivity index (χ1n) is 11.7. The molecule has 1 aliphatic heterocycles. The number of Topliss-reactive ketones (excluding diaryl/α,β-unsaturated/α-hetero) is 1. The van der Waals surface area contributed by atoms with Crippen molar-refractivity contribution >= 4 is 34.8 Å². The molecule has 0 spiro atoms. The number of hydrogen-bond donors (Lipinski definition) is 1. The fourth-order valence-electron chi connectivity index (χ4n) is 5.29. The van der Waals surface area contributed by atoms with Gasteiger partial charge in [-0.2, -0.15) is 0 Å². The molecule has 2 atom stereocenters. The summed E-state index contributed by atoms with van der Waals surface area (Å²) in [5.74, 6) is 2.42. The molecule has 0 unspecified atom stereocenters. The molecule has 0 radical (unpaired) electrons. The van der Waals surface area contributed by atoms with Crippen molar-refractivity contribution in [3.05, 3.63) is 52.7 Å². The number of ether oxygens (including phenoxy) is 1. The molecule has 1 aromatic carbocycles. The van der Waals surface area contributed by atoms with Crippen molar-refractivity contribution in [2.24, 2.45) is 11.8 Å².